The largest absolute Gasteiger partial charge is 0.485 e. The summed E-state index contributed by atoms with van der Waals surface area (Å²) in [4.78, 5) is 21.4. The van der Waals surface area contributed by atoms with E-state index in [0.717, 1.165) is 6.92 Å². The van der Waals surface area contributed by atoms with Crippen molar-refractivity contribution >= 4 is 12.2 Å². The average molecular weight is 323 g/mol. The molecule has 0 spiro atoms. The molecule has 122 valence electrons. The van der Waals surface area contributed by atoms with Crippen LogP contribution in [-0.2, 0) is 9.59 Å². The molecule has 0 fully saturated rings. The van der Waals surface area contributed by atoms with Crippen molar-refractivity contribution in [1.29, 1.82) is 0 Å². The number of ether oxygens (including phenoxy) is 1. The number of nitrogens with one attached hydrogen (secondary N) is 1. The topological polar surface area (TPSA) is 75.6 Å². The number of hydrogen-bond donors (Lipinski definition) is 2. The van der Waals surface area contributed by atoms with E-state index in [1.807, 2.05) is 0 Å². The summed E-state index contributed by atoms with van der Waals surface area (Å²) in [7, 11) is 0. The molecule has 0 aromatic heterocycles. The molecule has 2 N–H and O–H groups in total. The monoisotopic (exact) mass is 323 g/mol. The van der Waals surface area contributed by atoms with Crippen LogP contribution in [0.5, 0.6) is 5.75 Å². The Morgan fingerprint density at radius 2 is 1.86 bits per heavy atom. The lowest BCUT2D eigenvalue weighted by Gasteiger charge is -2.22. The first kappa shape index (κ1) is 17.9. The Kier molecular flexibility index (Phi) is 6.29. The normalized spacial score (nSPS) is 13.4. The van der Waals surface area contributed by atoms with Gasteiger partial charge >= 0.3 is 0 Å². The highest BCUT2D eigenvalue weighted by molar-refractivity contribution is 5.73. The summed E-state index contributed by atoms with van der Waals surface area (Å²) in [6, 6.07) is -1.06. The Hall–Kier alpha value is -2.16. The van der Waals surface area contributed by atoms with Crippen molar-refractivity contribution in [2.45, 2.75) is 25.5 Å². The zero-order chi connectivity index (χ0) is 16.9. The lowest BCUT2D eigenvalue weighted by Crippen LogP contribution is -2.45. The minimum absolute atomic E-state index is 0.0143. The van der Waals surface area contributed by atoms with Gasteiger partial charge in [-0.3, -0.25) is 4.79 Å². The van der Waals surface area contributed by atoms with Crippen molar-refractivity contribution in [2.75, 3.05) is 6.61 Å². The number of hydrogen-bond acceptors (Lipinski definition) is 4. The number of halogens is 4. The van der Waals surface area contributed by atoms with Crippen molar-refractivity contribution < 1.29 is 37.0 Å². The van der Waals surface area contributed by atoms with Crippen LogP contribution in [0.4, 0.5) is 17.6 Å². The van der Waals surface area contributed by atoms with Gasteiger partial charge in [0.2, 0.25) is 17.5 Å². The summed E-state index contributed by atoms with van der Waals surface area (Å²) >= 11 is 0. The maximum atomic E-state index is 13.3. The van der Waals surface area contributed by atoms with Crippen LogP contribution in [0.15, 0.2) is 6.07 Å². The first-order valence-electron chi connectivity index (χ1n) is 6.12. The van der Waals surface area contributed by atoms with E-state index in [9.17, 15) is 32.3 Å². The lowest BCUT2D eigenvalue weighted by atomic mass is 10.1. The van der Waals surface area contributed by atoms with E-state index < -0.39 is 53.7 Å². The second-order valence-corrected chi connectivity index (χ2v) is 4.39. The standard InChI is InChI=1S/C13H13F4NO4/c1-6(20)18-9(2-3-19)10(21)5-22-13-11(16)7(14)4-8(15)12(13)17/h3-4,9-10,21H,2,5H2,1H3,(H,18,20). The average Bonchev–Trinajstić information content (AvgIpc) is 2.44. The van der Waals surface area contributed by atoms with Crippen LogP contribution in [0.25, 0.3) is 0 Å². The Morgan fingerprint density at radius 3 is 2.32 bits per heavy atom. The summed E-state index contributed by atoms with van der Waals surface area (Å²) in [5, 5.41) is 12.0. The third-order valence-electron chi connectivity index (χ3n) is 2.67. The molecule has 0 radical (unpaired) electrons. The highest BCUT2D eigenvalue weighted by atomic mass is 19.2. The summed E-state index contributed by atoms with van der Waals surface area (Å²) in [6.07, 6.45) is -1.40. The second kappa shape index (κ2) is 7.74. The first-order valence-corrected chi connectivity index (χ1v) is 6.12. The molecule has 0 aliphatic heterocycles. The van der Waals surface area contributed by atoms with Crippen LogP contribution in [0, 0.1) is 23.3 Å². The van der Waals surface area contributed by atoms with Gasteiger partial charge in [0.05, 0.1) is 6.04 Å². The lowest BCUT2D eigenvalue weighted by molar-refractivity contribution is -0.121. The molecule has 1 amide bonds. The summed E-state index contributed by atoms with van der Waals surface area (Å²) in [6.45, 7) is 0.336. The predicted octanol–water partition coefficient (Wildman–Crippen LogP) is 1.08. The molecule has 22 heavy (non-hydrogen) atoms. The Morgan fingerprint density at radius 1 is 1.32 bits per heavy atom. The van der Waals surface area contributed by atoms with Crippen LogP contribution in [0.3, 0.4) is 0 Å². The predicted molar refractivity (Wildman–Crippen MR) is 66.1 cm³/mol. The molecule has 1 rings (SSSR count). The summed E-state index contributed by atoms with van der Waals surface area (Å²) < 4.78 is 57.2. The molecule has 2 atom stereocenters. The third kappa shape index (κ3) is 4.42. The molecule has 1 aromatic rings. The van der Waals surface area contributed by atoms with Crippen LogP contribution < -0.4 is 10.1 Å². The maximum Gasteiger partial charge on any atom is 0.217 e. The number of carbonyl (C=O) groups is 2. The van der Waals surface area contributed by atoms with Gasteiger partial charge in [-0.1, -0.05) is 0 Å². The molecule has 5 nitrogen and oxygen atoms in total. The van der Waals surface area contributed by atoms with E-state index in [2.05, 4.69) is 10.1 Å². The fourth-order valence-electron chi connectivity index (χ4n) is 1.64. The molecule has 0 saturated heterocycles. The molecule has 0 saturated carbocycles. The molecule has 9 heteroatoms. The van der Waals surface area contributed by atoms with E-state index in [-0.39, 0.29) is 12.5 Å². The van der Waals surface area contributed by atoms with Crippen LogP contribution in [0.2, 0.25) is 0 Å². The number of amides is 1. The highest BCUT2D eigenvalue weighted by Gasteiger charge is 2.24. The molecule has 2 unspecified atom stereocenters. The fourth-order valence-corrected chi connectivity index (χ4v) is 1.64. The summed E-state index contributed by atoms with van der Waals surface area (Å²) in [5.41, 5.74) is 0. The molecule has 0 bridgehead atoms. The quantitative estimate of drug-likeness (QED) is 0.447. The van der Waals surface area contributed by atoms with Crippen LogP contribution in [0.1, 0.15) is 13.3 Å². The van der Waals surface area contributed by atoms with Gasteiger partial charge in [-0.05, 0) is 0 Å². The molecule has 0 heterocycles. The number of rotatable bonds is 7. The number of carbonyl (C=O) groups excluding carboxylic acids is 2. The molecule has 0 aliphatic rings. The number of benzene rings is 1. The zero-order valence-corrected chi connectivity index (χ0v) is 11.4. The molecular formula is C13H13F4NO4. The van der Waals surface area contributed by atoms with Crippen molar-refractivity contribution in [1.82, 2.24) is 5.32 Å². The van der Waals surface area contributed by atoms with Crippen molar-refractivity contribution in [2.24, 2.45) is 0 Å². The minimum atomic E-state index is -1.75. The highest BCUT2D eigenvalue weighted by Crippen LogP contribution is 2.26. The zero-order valence-electron chi connectivity index (χ0n) is 11.4. The van der Waals surface area contributed by atoms with Gasteiger partial charge in [-0.15, -0.1) is 0 Å². The van der Waals surface area contributed by atoms with Crippen LogP contribution in [-0.4, -0.2) is 36.1 Å². The number of aliphatic hydroxyl groups excluding tert-OH is 1. The van der Waals surface area contributed by atoms with Gasteiger partial charge in [0.25, 0.3) is 0 Å². The van der Waals surface area contributed by atoms with Gasteiger partial charge < -0.3 is 20.0 Å². The fraction of sp³-hybridized carbons (Fsp3) is 0.385. The Bertz CT molecular complexity index is 541. The van der Waals surface area contributed by atoms with Gasteiger partial charge in [-0.2, -0.15) is 8.78 Å². The first-order chi connectivity index (χ1) is 10.3. The SMILES string of the molecule is CC(=O)NC(CC=O)C(O)COc1c(F)c(F)cc(F)c1F. The van der Waals surface area contributed by atoms with Crippen molar-refractivity contribution in [3.63, 3.8) is 0 Å². The van der Waals surface area contributed by atoms with Gasteiger partial charge in [0.15, 0.2) is 17.4 Å². The maximum absolute atomic E-state index is 13.3. The van der Waals surface area contributed by atoms with E-state index in [1.165, 1.54) is 0 Å². The number of aliphatic hydroxyl groups is 1. The molecule has 0 aliphatic carbocycles. The Labute approximate surface area is 122 Å². The van der Waals surface area contributed by atoms with Gasteiger partial charge in [-0.25, -0.2) is 8.78 Å². The van der Waals surface area contributed by atoms with Gasteiger partial charge in [0.1, 0.15) is 19.0 Å². The second-order valence-electron chi connectivity index (χ2n) is 4.39. The third-order valence-corrected chi connectivity index (χ3v) is 2.67. The van der Waals surface area contributed by atoms with Crippen LogP contribution >= 0.6 is 0 Å². The minimum Gasteiger partial charge on any atom is -0.485 e. The van der Waals surface area contributed by atoms with Gasteiger partial charge in [0, 0.05) is 19.4 Å². The molecule has 1 aromatic carbocycles. The van der Waals surface area contributed by atoms with Crippen molar-refractivity contribution in [3.05, 3.63) is 29.3 Å². The number of aldehydes is 1. The summed E-state index contributed by atoms with van der Waals surface area (Å²) in [5.74, 6) is -8.70. The van der Waals surface area contributed by atoms with Crippen molar-refractivity contribution in [3.8, 4) is 5.75 Å². The van der Waals surface area contributed by atoms with E-state index in [0.29, 0.717) is 6.29 Å². The van der Waals surface area contributed by atoms with E-state index in [4.69, 9.17) is 0 Å². The molecular weight excluding hydrogens is 310 g/mol. The Balaban J connectivity index is 2.84. The van der Waals surface area contributed by atoms with E-state index >= 15 is 0 Å². The smallest absolute Gasteiger partial charge is 0.217 e. The van der Waals surface area contributed by atoms with E-state index in [1.54, 1.807) is 0 Å².